The fourth-order valence-electron chi connectivity index (χ4n) is 3.14. The van der Waals surface area contributed by atoms with Gasteiger partial charge in [0.15, 0.2) is 0 Å². The minimum atomic E-state index is -0.606. The van der Waals surface area contributed by atoms with Crippen LogP contribution in [0.3, 0.4) is 0 Å². The number of nitrogens with one attached hydrogen (secondary N) is 1. The first-order valence-corrected chi connectivity index (χ1v) is 11.5. The average Bonchev–Trinajstić information content (AvgIpc) is 3.36. The summed E-state index contributed by atoms with van der Waals surface area (Å²) < 4.78 is 38.8. The molecule has 0 amide bonds. The average molecular weight is 538 g/mol. The van der Waals surface area contributed by atoms with Crippen molar-refractivity contribution in [2.75, 3.05) is 18.5 Å². The number of nitrogens with zero attached hydrogens (tertiary/aromatic N) is 4. The van der Waals surface area contributed by atoms with Crippen molar-refractivity contribution in [1.82, 2.24) is 20.1 Å². The van der Waals surface area contributed by atoms with Crippen LogP contribution in [0.4, 0.5) is 14.6 Å². The SMILES string of the molecule is CCOc1cc(-c2cc(NCCc3c(F)cc(Br)cc3F)nc(C)n2)sc1-c1noc(O)n1. The summed E-state index contributed by atoms with van der Waals surface area (Å²) in [4.78, 5) is 14.0. The van der Waals surface area contributed by atoms with Crippen molar-refractivity contribution >= 4 is 33.1 Å². The highest BCUT2D eigenvalue weighted by molar-refractivity contribution is 9.10. The fourth-order valence-corrected chi connectivity index (χ4v) is 4.53. The Morgan fingerprint density at radius 2 is 1.91 bits per heavy atom. The molecule has 0 unspecified atom stereocenters. The molecule has 2 N–H and O–H groups in total. The number of aromatic hydroxyl groups is 1. The van der Waals surface area contributed by atoms with Crippen molar-refractivity contribution in [2.45, 2.75) is 20.3 Å². The van der Waals surface area contributed by atoms with Gasteiger partial charge in [-0.25, -0.2) is 18.7 Å². The molecule has 0 saturated heterocycles. The molecule has 33 heavy (non-hydrogen) atoms. The maximum Gasteiger partial charge on any atom is 0.415 e. The topological polar surface area (TPSA) is 106 Å². The van der Waals surface area contributed by atoms with Gasteiger partial charge in [-0.05, 0) is 32.4 Å². The summed E-state index contributed by atoms with van der Waals surface area (Å²) in [6.45, 7) is 4.29. The molecule has 0 radical (unpaired) electrons. The van der Waals surface area contributed by atoms with Gasteiger partial charge in [0.25, 0.3) is 0 Å². The highest BCUT2D eigenvalue weighted by Crippen LogP contribution is 2.42. The van der Waals surface area contributed by atoms with E-state index in [4.69, 9.17) is 4.74 Å². The second kappa shape index (κ2) is 9.79. The number of aromatic nitrogens is 4. The van der Waals surface area contributed by atoms with Gasteiger partial charge >= 0.3 is 6.08 Å². The number of aryl methyl sites for hydroxylation is 1. The summed E-state index contributed by atoms with van der Waals surface area (Å²) >= 11 is 4.40. The Kier molecular flexibility index (Phi) is 6.84. The van der Waals surface area contributed by atoms with Crippen molar-refractivity contribution < 1.29 is 23.1 Å². The highest BCUT2D eigenvalue weighted by Gasteiger charge is 2.20. The summed E-state index contributed by atoms with van der Waals surface area (Å²) in [6.07, 6.45) is -0.395. The van der Waals surface area contributed by atoms with Gasteiger partial charge in [0.05, 0.1) is 17.2 Å². The second-order valence-electron chi connectivity index (χ2n) is 6.85. The molecule has 0 atom stereocenters. The van der Waals surface area contributed by atoms with Gasteiger partial charge in [0.1, 0.15) is 33.9 Å². The van der Waals surface area contributed by atoms with Crippen LogP contribution in [0, 0.1) is 18.6 Å². The lowest BCUT2D eigenvalue weighted by Gasteiger charge is -2.09. The number of hydrogen-bond acceptors (Lipinski definition) is 9. The molecule has 3 aromatic heterocycles. The molecule has 1 aromatic carbocycles. The molecule has 0 saturated carbocycles. The Labute approximate surface area is 199 Å². The minimum Gasteiger partial charge on any atom is -0.492 e. The van der Waals surface area contributed by atoms with E-state index in [1.165, 1.54) is 23.5 Å². The first kappa shape index (κ1) is 23.1. The maximum atomic E-state index is 14.1. The van der Waals surface area contributed by atoms with Crippen LogP contribution in [0.15, 0.2) is 33.3 Å². The number of anilines is 1. The molecule has 8 nitrogen and oxygen atoms in total. The molecular formula is C21H18BrF2N5O3S. The zero-order valence-electron chi connectivity index (χ0n) is 17.5. The lowest BCUT2D eigenvalue weighted by atomic mass is 10.1. The monoisotopic (exact) mass is 537 g/mol. The number of hydrogen-bond donors (Lipinski definition) is 2. The normalized spacial score (nSPS) is 11.1. The minimum absolute atomic E-state index is 0.00400. The van der Waals surface area contributed by atoms with Crippen LogP contribution in [-0.4, -0.2) is 38.4 Å². The molecule has 4 aromatic rings. The van der Waals surface area contributed by atoms with E-state index in [0.717, 1.165) is 4.88 Å². The molecule has 4 rings (SSSR count). The van der Waals surface area contributed by atoms with E-state index in [0.29, 0.717) is 39.0 Å². The third-order valence-corrected chi connectivity index (χ3v) is 6.09. The molecule has 0 bridgehead atoms. The van der Waals surface area contributed by atoms with E-state index in [-0.39, 0.29) is 24.4 Å². The van der Waals surface area contributed by atoms with Gasteiger partial charge < -0.3 is 15.2 Å². The van der Waals surface area contributed by atoms with Crippen molar-refractivity contribution in [3.63, 3.8) is 0 Å². The van der Waals surface area contributed by atoms with Crippen LogP contribution >= 0.6 is 27.3 Å². The van der Waals surface area contributed by atoms with E-state index < -0.39 is 17.7 Å². The number of rotatable bonds is 8. The first-order chi connectivity index (χ1) is 15.8. The summed E-state index contributed by atoms with van der Waals surface area (Å²) in [5.41, 5.74) is 0.625. The predicted octanol–water partition coefficient (Wildman–Crippen LogP) is 5.36. The lowest BCUT2D eigenvalue weighted by molar-refractivity contribution is 0.267. The molecule has 3 heterocycles. The Hall–Kier alpha value is -3.12. The molecule has 0 aliphatic rings. The molecule has 12 heteroatoms. The largest absolute Gasteiger partial charge is 0.492 e. The van der Waals surface area contributed by atoms with Crippen LogP contribution < -0.4 is 10.1 Å². The Morgan fingerprint density at radius 3 is 2.58 bits per heavy atom. The summed E-state index contributed by atoms with van der Waals surface area (Å²) in [7, 11) is 0. The lowest BCUT2D eigenvalue weighted by Crippen LogP contribution is -2.10. The summed E-state index contributed by atoms with van der Waals surface area (Å²) in [5, 5.41) is 16.2. The molecule has 0 aliphatic carbocycles. The van der Waals surface area contributed by atoms with Crippen molar-refractivity contribution in [3.05, 3.63) is 51.8 Å². The number of halogens is 3. The van der Waals surface area contributed by atoms with Crippen LogP contribution in [0.5, 0.6) is 11.8 Å². The van der Waals surface area contributed by atoms with Gasteiger partial charge in [0.2, 0.25) is 5.82 Å². The van der Waals surface area contributed by atoms with E-state index in [1.807, 2.05) is 6.92 Å². The van der Waals surface area contributed by atoms with Crippen LogP contribution in [0.2, 0.25) is 0 Å². The zero-order valence-corrected chi connectivity index (χ0v) is 19.9. The van der Waals surface area contributed by atoms with E-state index in [9.17, 15) is 13.9 Å². The van der Waals surface area contributed by atoms with Crippen molar-refractivity contribution in [2.24, 2.45) is 0 Å². The molecule has 0 spiro atoms. The number of benzene rings is 1. The van der Waals surface area contributed by atoms with E-state index in [1.54, 1.807) is 19.1 Å². The third kappa shape index (κ3) is 5.28. The Bertz CT molecular complexity index is 1270. The quantitative estimate of drug-likeness (QED) is 0.309. The smallest absolute Gasteiger partial charge is 0.415 e. The van der Waals surface area contributed by atoms with Gasteiger partial charge in [-0.1, -0.05) is 21.1 Å². The highest BCUT2D eigenvalue weighted by atomic mass is 79.9. The van der Waals surface area contributed by atoms with Crippen LogP contribution in [0.25, 0.3) is 21.3 Å². The van der Waals surface area contributed by atoms with Gasteiger partial charge in [-0.2, -0.15) is 4.98 Å². The Morgan fingerprint density at radius 1 is 1.15 bits per heavy atom. The first-order valence-electron chi connectivity index (χ1n) is 9.87. The van der Waals surface area contributed by atoms with E-state index >= 15 is 0 Å². The van der Waals surface area contributed by atoms with Crippen molar-refractivity contribution in [1.29, 1.82) is 0 Å². The number of thiophene rings is 1. The summed E-state index contributed by atoms with van der Waals surface area (Å²) in [6, 6.07) is 6.01. The second-order valence-corrected chi connectivity index (χ2v) is 8.82. The molecule has 0 aliphatic heterocycles. The van der Waals surface area contributed by atoms with E-state index in [2.05, 4.69) is 45.9 Å². The maximum absolute atomic E-state index is 14.1. The zero-order chi connectivity index (χ0) is 23.5. The van der Waals surface area contributed by atoms with Gasteiger partial charge in [-0.15, -0.1) is 11.3 Å². The van der Waals surface area contributed by atoms with Crippen LogP contribution in [-0.2, 0) is 6.42 Å². The molecule has 172 valence electrons. The van der Waals surface area contributed by atoms with Gasteiger partial charge in [-0.3, -0.25) is 4.52 Å². The number of ether oxygens (including phenoxy) is 1. The standard InChI is InChI=1S/C21H18BrF2N5O3S/c1-3-31-16-9-17(33-19(16)20-28-21(30)32-29-20)15-8-18(27-10(2)26-15)25-5-4-12-13(23)6-11(22)7-14(12)24/h6-9H,3-5H2,1-2H3,(H,25,26,27)(H,28,29,30). The Balaban J connectivity index is 1.56. The summed E-state index contributed by atoms with van der Waals surface area (Å²) in [5.74, 6) is 0.553. The molecule has 0 fully saturated rings. The van der Waals surface area contributed by atoms with Crippen molar-refractivity contribution in [3.8, 4) is 33.1 Å². The fraction of sp³-hybridized carbons (Fsp3) is 0.238. The van der Waals surface area contributed by atoms with Crippen LogP contribution in [0.1, 0.15) is 18.3 Å². The third-order valence-electron chi connectivity index (χ3n) is 4.49. The van der Waals surface area contributed by atoms with Gasteiger partial charge in [0, 0.05) is 28.7 Å². The molecular weight excluding hydrogens is 520 g/mol. The predicted molar refractivity (Wildman–Crippen MR) is 122 cm³/mol.